The molecule has 1 aliphatic rings. The Hall–Kier alpha value is -1.10. The molecule has 17 heavy (non-hydrogen) atoms. The molecule has 0 spiro atoms. The summed E-state index contributed by atoms with van der Waals surface area (Å²) < 4.78 is 5.06. The van der Waals surface area contributed by atoms with Gasteiger partial charge in [0.1, 0.15) is 0 Å². The summed E-state index contributed by atoms with van der Waals surface area (Å²) in [6.45, 7) is 2.75. The molecule has 1 aromatic carbocycles. The van der Waals surface area contributed by atoms with Gasteiger partial charge in [-0.2, -0.15) is 0 Å². The van der Waals surface area contributed by atoms with E-state index in [0.29, 0.717) is 18.2 Å². The molecule has 0 radical (unpaired) electrons. The summed E-state index contributed by atoms with van der Waals surface area (Å²) in [7, 11) is 0. The Bertz CT molecular complexity index is 411. The minimum absolute atomic E-state index is 0.136. The molecule has 0 saturated carbocycles. The average Bonchev–Trinajstić information content (AvgIpc) is 2.79. The van der Waals surface area contributed by atoms with Gasteiger partial charge in [0.05, 0.1) is 18.6 Å². The van der Waals surface area contributed by atoms with Crippen LogP contribution in [0.25, 0.3) is 0 Å². The molecular weight excluding hydrogens is 240 g/mol. The van der Waals surface area contributed by atoms with Crippen LogP contribution in [0.2, 0.25) is 5.02 Å². The molecule has 4 nitrogen and oxygen atoms in total. The number of carbonyl (C=O) groups is 1. The van der Waals surface area contributed by atoms with E-state index in [4.69, 9.17) is 16.3 Å². The number of benzene rings is 1. The second kappa shape index (κ2) is 5.49. The van der Waals surface area contributed by atoms with Gasteiger partial charge in [-0.05, 0) is 18.6 Å². The van der Waals surface area contributed by atoms with Gasteiger partial charge in [-0.15, -0.1) is 0 Å². The first kappa shape index (κ1) is 12.4. The number of nitrogens with one attached hydrogen (secondary N) is 2. The molecule has 2 unspecified atom stereocenters. The lowest BCUT2D eigenvalue weighted by Gasteiger charge is -2.18. The first-order valence-corrected chi connectivity index (χ1v) is 6.01. The van der Waals surface area contributed by atoms with E-state index in [1.165, 1.54) is 0 Å². The molecule has 0 bridgehead atoms. The number of halogens is 1. The molecular formula is C12H15ClN2O2. The second-order valence-electron chi connectivity index (χ2n) is 3.88. The lowest BCUT2D eigenvalue weighted by Crippen LogP contribution is -2.27. The van der Waals surface area contributed by atoms with Gasteiger partial charge < -0.3 is 4.74 Å². The Balaban J connectivity index is 2.20. The lowest BCUT2D eigenvalue weighted by atomic mass is 9.95. The number of hydrogen-bond acceptors (Lipinski definition) is 4. The maximum Gasteiger partial charge on any atom is 0.312 e. The van der Waals surface area contributed by atoms with Crippen LogP contribution in [-0.4, -0.2) is 19.1 Å². The molecule has 2 atom stereocenters. The van der Waals surface area contributed by atoms with Gasteiger partial charge in [-0.25, -0.2) is 5.43 Å². The Morgan fingerprint density at radius 1 is 1.53 bits per heavy atom. The summed E-state index contributed by atoms with van der Waals surface area (Å²) in [5.41, 5.74) is 6.96. The fourth-order valence-corrected chi connectivity index (χ4v) is 2.24. The van der Waals surface area contributed by atoms with Crippen LogP contribution in [0.5, 0.6) is 0 Å². The fourth-order valence-electron chi connectivity index (χ4n) is 1.99. The first-order chi connectivity index (χ1) is 8.24. The summed E-state index contributed by atoms with van der Waals surface area (Å²) in [4.78, 5) is 11.8. The lowest BCUT2D eigenvalue weighted by molar-refractivity contribution is -0.147. The highest BCUT2D eigenvalue weighted by Gasteiger charge is 2.35. The van der Waals surface area contributed by atoms with Gasteiger partial charge in [0.15, 0.2) is 0 Å². The zero-order valence-corrected chi connectivity index (χ0v) is 10.3. The number of ether oxygens (including phenoxy) is 1. The molecule has 0 aliphatic carbocycles. The van der Waals surface area contributed by atoms with Crippen molar-refractivity contribution in [3.63, 3.8) is 0 Å². The monoisotopic (exact) mass is 254 g/mol. The van der Waals surface area contributed by atoms with Crippen LogP contribution in [-0.2, 0) is 9.53 Å². The summed E-state index contributed by atoms with van der Waals surface area (Å²) in [5, 5.41) is 0.656. The van der Waals surface area contributed by atoms with Gasteiger partial charge in [-0.1, -0.05) is 29.8 Å². The number of hydrogen-bond donors (Lipinski definition) is 2. The summed E-state index contributed by atoms with van der Waals surface area (Å²) in [5.74, 6) is -0.440. The Labute approximate surface area is 105 Å². The summed E-state index contributed by atoms with van der Waals surface area (Å²) in [6, 6.07) is 7.37. The minimum Gasteiger partial charge on any atom is -0.466 e. The third-order valence-electron chi connectivity index (χ3n) is 2.81. The van der Waals surface area contributed by atoms with Crippen molar-refractivity contribution in [2.75, 3.05) is 13.2 Å². The van der Waals surface area contributed by atoms with Crippen molar-refractivity contribution in [1.82, 2.24) is 10.9 Å². The first-order valence-electron chi connectivity index (χ1n) is 5.63. The van der Waals surface area contributed by atoms with Gasteiger partial charge in [0, 0.05) is 11.6 Å². The Morgan fingerprint density at radius 2 is 2.29 bits per heavy atom. The third-order valence-corrected chi connectivity index (χ3v) is 3.16. The van der Waals surface area contributed by atoms with Crippen LogP contribution in [0.3, 0.4) is 0 Å². The van der Waals surface area contributed by atoms with E-state index < -0.39 is 0 Å². The molecule has 2 N–H and O–H groups in total. The van der Waals surface area contributed by atoms with E-state index in [2.05, 4.69) is 10.9 Å². The van der Waals surface area contributed by atoms with E-state index in [1.54, 1.807) is 6.92 Å². The van der Waals surface area contributed by atoms with Crippen LogP contribution in [0.4, 0.5) is 0 Å². The highest BCUT2D eigenvalue weighted by atomic mass is 35.5. The quantitative estimate of drug-likeness (QED) is 0.806. The van der Waals surface area contributed by atoms with Crippen molar-refractivity contribution in [1.29, 1.82) is 0 Å². The number of esters is 1. The van der Waals surface area contributed by atoms with Crippen molar-refractivity contribution >= 4 is 17.6 Å². The largest absolute Gasteiger partial charge is 0.466 e. The van der Waals surface area contributed by atoms with Crippen molar-refractivity contribution in [2.45, 2.75) is 13.0 Å². The smallest absolute Gasteiger partial charge is 0.312 e. The summed E-state index contributed by atoms with van der Waals surface area (Å²) >= 11 is 6.13. The topological polar surface area (TPSA) is 50.4 Å². The van der Waals surface area contributed by atoms with Gasteiger partial charge >= 0.3 is 5.97 Å². The molecule has 1 heterocycles. The van der Waals surface area contributed by atoms with Crippen molar-refractivity contribution in [3.05, 3.63) is 34.9 Å². The van der Waals surface area contributed by atoms with Crippen LogP contribution < -0.4 is 10.9 Å². The highest BCUT2D eigenvalue weighted by molar-refractivity contribution is 6.31. The SMILES string of the molecule is CCOC(=O)C1CNNC1c1ccccc1Cl. The van der Waals surface area contributed by atoms with E-state index in [9.17, 15) is 4.79 Å². The van der Waals surface area contributed by atoms with E-state index >= 15 is 0 Å². The van der Waals surface area contributed by atoms with Crippen LogP contribution >= 0.6 is 11.6 Å². The zero-order valence-electron chi connectivity index (χ0n) is 9.57. The van der Waals surface area contributed by atoms with Crippen molar-refractivity contribution in [2.24, 2.45) is 5.92 Å². The second-order valence-corrected chi connectivity index (χ2v) is 4.29. The van der Waals surface area contributed by atoms with E-state index in [1.807, 2.05) is 24.3 Å². The molecule has 2 rings (SSSR count). The summed E-state index contributed by atoms with van der Waals surface area (Å²) in [6.07, 6.45) is 0. The highest BCUT2D eigenvalue weighted by Crippen LogP contribution is 2.30. The van der Waals surface area contributed by atoms with E-state index in [-0.39, 0.29) is 17.9 Å². The normalized spacial score (nSPS) is 23.6. The molecule has 0 amide bonds. The van der Waals surface area contributed by atoms with Crippen molar-refractivity contribution in [3.8, 4) is 0 Å². The Kier molecular flexibility index (Phi) is 3.99. The molecule has 1 aliphatic heterocycles. The molecule has 1 aromatic rings. The number of carbonyl (C=O) groups excluding carboxylic acids is 1. The van der Waals surface area contributed by atoms with Crippen LogP contribution in [0, 0.1) is 5.92 Å². The average molecular weight is 255 g/mol. The predicted octanol–water partition coefficient (Wildman–Crippen LogP) is 1.67. The van der Waals surface area contributed by atoms with Gasteiger partial charge in [-0.3, -0.25) is 10.2 Å². The third kappa shape index (κ3) is 2.60. The molecule has 1 fully saturated rings. The van der Waals surface area contributed by atoms with E-state index in [0.717, 1.165) is 5.56 Å². The predicted molar refractivity (Wildman–Crippen MR) is 65.5 cm³/mol. The maximum atomic E-state index is 11.8. The Morgan fingerprint density at radius 3 is 3.00 bits per heavy atom. The fraction of sp³-hybridized carbons (Fsp3) is 0.417. The number of hydrazine groups is 1. The number of rotatable bonds is 3. The van der Waals surface area contributed by atoms with Crippen LogP contribution in [0.1, 0.15) is 18.5 Å². The molecule has 5 heteroatoms. The van der Waals surface area contributed by atoms with Crippen molar-refractivity contribution < 1.29 is 9.53 Å². The minimum atomic E-state index is -0.241. The van der Waals surface area contributed by atoms with Crippen LogP contribution in [0.15, 0.2) is 24.3 Å². The standard InChI is InChI=1S/C12H15ClN2O2/c1-2-17-12(16)9-7-14-15-11(9)8-5-3-4-6-10(8)13/h3-6,9,11,14-15H,2,7H2,1H3. The molecule has 1 saturated heterocycles. The zero-order chi connectivity index (χ0) is 12.3. The maximum absolute atomic E-state index is 11.8. The molecule has 0 aromatic heterocycles. The molecule has 92 valence electrons. The van der Waals surface area contributed by atoms with Gasteiger partial charge in [0.25, 0.3) is 0 Å². The van der Waals surface area contributed by atoms with Gasteiger partial charge in [0.2, 0.25) is 0 Å².